The molecule has 2 heterocycles. The van der Waals surface area contributed by atoms with Crippen LogP contribution in [0.4, 0.5) is 4.79 Å². The SMILES string of the molecule is C[C@H](NC(=O)N1CCc2ccccc2[C@H]1CO)c1cccs1. The molecule has 2 N–H and O–H groups in total. The Morgan fingerprint density at radius 3 is 2.95 bits per heavy atom. The normalized spacial score (nSPS) is 18.6. The Hall–Kier alpha value is -1.85. The number of benzene rings is 1. The Bertz CT molecular complexity index is 642. The summed E-state index contributed by atoms with van der Waals surface area (Å²) in [5.41, 5.74) is 2.27. The van der Waals surface area contributed by atoms with Gasteiger partial charge in [0.15, 0.2) is 0 Å². The van der Waals surface area contributed by atoms with Crippen LogP contribution in [0.1, 0.15) is 35.0 Å². The third-order valence-corrected chi connectivity index (χ3v) is 5.21. The molecule has 0 aliphatic carbocycles. The largest absolute Gasteiger partial charge is 0.394 e. The summed E-state index contributed by atoms with van der Waals surface area (Å²) in [5, 5.41) is 14.8. The first-order valence-electron chi connectivity index (χ1n) is 7.50. The van der Waals surface area contributed by atoms with E-state index in [1.54, 1.807) is 16.2 Å². The number of urea groups is 1. The van der Waals surface area contributed by atoms with Gasteiger partial charge in [-0.2, -0.15) is 0 Å². The quantitative estimate of drug-likeness (QED) is 0.914. The fourth-order valence-electron chi connectivity index (χ4n) is 2.97. The molecule has 0 fully saturated rings. The first-order chi connectivity index (χ1) is 10.7. The van der Waals surface area contributed by atoms with Crippen LogP contribution < -0.4 is 5.32 Å². The number of carbonyl (C=O) groups excluding carboxylic acids is 1. The van der Waals surface area contributed by atoms with Gasteiger partial charge in [0.2, 0.25) is 0 Å². The monoisotopic (exact) mass is 316 g/mol. The molecule has 5 heteroatoms. The van der Waals surface area contributed by atoms with E-state index in [2.05, 4.69) is 11.4 Å². The maximum absolute atomic E-state index is 12.6. The van der Waals surface area contributed by atoms with Crippen molar-refractivity contribution < 1.29 is 9.90 Å². The van der Waals surface area contributed by atoms with Crippen LogP contribution in [0, 0.1) is 0 Å². The average molecular weight is 316 g/mol. The Kier molecular flexibility index (Phi) is 4.45. The molecule has 0 saturated heterocycles. The zero-order valence-electron chi connectivity index (χ0n) is 12.5. The van der Waals surface area contributed by atoms with Crippen LogP contribution in [0.15, 0.2) is 41.8 Å². The van der Waals surface area contributed by atoms with Gasteiger partial charge in [0.1, 0.15) is 0 Å². The minimum atomic E-state index is -0.263. The number of fused-ring (bicyclic) bond motifs is 1. The molecule has 0 spiro atoms. The number of carbonyl (C=O) groups is 1. The van der Waals surface area contributed by atoms with E-state index in [4.69, 9.17) is 0 Å². The van der Waals surface area contributed by atoms with Gasteiger partial charge in [0, 0.05) is 11.4 Å². The highest BCUT2D eigenvalue weighted by atomic mass is 32.1. The fourth-order valence-corrected chi connectivity index (χ4v) is 3.70. The zero-order valence-corrected chi connectivity index (χ0v) is 13.3. The van der Waals surface area contributed by atoms with Crippen LogP contribution in [0.2, 0.25) is 0 Å². The number of hydrogen-bond donors (Lipinski definition) is 2. The molecular weight excluding hydrogens is 296 g/mol. The minimum Gasteiger partial charge on any atom is -0.394 e. The molecule has 1 aromatic heterocycles. The van der Waals surface area contributed by atoms with Gasteiger partial charge in [-0.05, 0) is 35.9 Å². The van der Waals surface area contributed by atoms with Crippen molar-refractivity contribution in [1.29, 1.82) is 0 Å². The first kappa shape index (κ1) is 15.1. The minimum absolute atomic E-state index is 0.0241. The Morgan fingerprint density at radius 2 is 2.23 bits per heavy atom. The Morgan fingerprint density at radius 1 is 1.41 bits per heavy atom. The van der Waals surface area contributed by atoms with E-state index in [1.807, 2.05) is 42.6 Å². The van der Waals surface area contributed by atoms with Gasteiger partial charge in [-0.25, -0.2) is 4.79 Å². The molecular formula is C17H20N2O2S. The molecule has 2 atom stereocenters. The predicted octanol–water partition coefficient (Wildman–Crippen LogP) is 3.11. The molecule has 2 amide bonds. The second kappa shape index (κ2) is 6.50. The summed E-state index contributed by atoms with van der Waals surface area (Å²) in [6.07, 6.45) is 0.827. The van der Waals surface area contributed by atoms with Crippen molar-refractivity contribution in [1.82, 2.24) is 10.2 Å². The van der Waals surface area contributed by atoms with Crippen LogP contribution in [0.5, 0.6) is 0 Å². The van der Waals surface area contributed by atoms with Crippen LogP contribution in [0.3, 0.4) is 0 Å². The maximum Gasteiger partial charge on any atom is 0.318 e. The smallest absolute Gasteiger partial charge is 0.318 e. The van der Waals surface area contributed by atoms with Crippen molar-refractivity contribution in [3.63, 3.8) is 0 Å². The van der Waals surface area contributed by atoms with Crippen LogP contribution >= 0.6 is 11.3 Å². The first-order valence-corrected chi connectivity index (χ1v) is 8.38. The Balaban J connectivity index is 1.75. The summed E-state index contributed by atoms with van der Waals surface area (Å²) in [4.78, 5) is 15.5. The highest BCUT2D eigenvalue weighted by Gasteiger charge is 2.30. The van der Waals surface area contributed by atoms with Crippen LogP contribution in [-0.4, -0.2) is 29.2 Å². The van der Waals surface area contributed by atoms with Crippen molar-refractivity contribution in [3.05, 3.63) is 57.8 Å². The lowest BCUT2D eigenvalue weighted by Crippen LogP contribution is -2.47. The van der Waals surface area contributed by atoms with Gasteiger partial charge in [-0.1, -0.05) is 30.3 Å². The van der Waals surface area contributed by atoms with Gasteiger partial charge in [0.05, 0.1) is 18.7 Å². The number of aliphatic hydroxyl groups is 1. The summed E-state index contributed by atoms with van der Waals surface area (Å²) >= 11 is 1.63. The molecule has 3 rings (SSSR count). The molecule has 2 aromatic rings. The highest BCUT2D eigenvalue weighted by Crippen LogP contribution is 2.29. The predicted molar refractivity (Wildman–Crippen MR) is 87.9 cm³/mol. The zero-order chi connectivity index (χ0) is 15.5. The van der Waals surface area contributed by atoms with Crippen molar-refractivity contribution in [2.75, 3.05) is 13.2 Å². The molecule has 22 heavy (non-hydrogen) atoms. The second-order valence-electron chi connectivity index (χ2n) is 5.53. The topological polar surface area (TPSA) is 52.6 Å². The standard InChI is InChI=1S/C17H20N2O2S/c1-12(16-7-4-10-22-16)18-17(21)19-9-8-13-5-2-3-6-14(13)15(19)11-20/h2-7,10,12,15,20H,8-9,11H2,1H3,(H,18,21)/t12-,15+/m0/s1. The lowest BCUT2D eigenvalue weighted by molar-refractivity contribution is 0.125. The molecule has 1 aliphatic heterocycles. The van der Waals surface area contributed by atoms with E-state index in [9.17, 15) is 9.90 Å². The average Bonchev–Trinajstić information content (AvgIpc) is 3.08. The molecule has 1 aliphatic rings. The summed E-state index contributed by atoms with van der Waals surface area (Å²) in [6.45, 7) is 2.55. The third kappa shape index (κ3) is 2.87. The van der Waals surface area contributed by atoms with E-state index in [0.717, 1.165) is 16.9 Å². The van der Waals surface area contributed by atoms with Crippen LogP contribution in [0.25, 0.3) is 0 Å². The summed E-state index contributed by atoms with van der Waals surface area (Å²) in [7, 11) is 0. The Labute approximate surface area is 134 Å². The van der Waals surface area contributed by atoms with Crippen molar-refractivity contribution >= 4 is 17.4 Å². The summed E-state index contributed by atoms with van der Waals surface area (Å²) in [5.74, 6) is 0. The van der Waals surface area contributed by atoms with Crippen LogP contribution in [-0.2, 0) is 6.42 Å². The molecule has 0 saturated carbocycles. The van der Waals surface area contributed by atoms with Gasteiger partial charge >= 0.3 is 6.03 Å². The molecule has 1 aromatic carbocycles. The number of hydrogen-bond acceptors (Lipinski definition) is 3. The second-order valence-corrected chi connectivity index (χ2v) is 6.51. The highest BCUT2D eigenvalue weighted by molar-refractivity contribution is 7.10. The van der Waals surface area contributed by atoms with Gasteiger partial charge < -0.3 is 15.3 Å². The van der Waals surface area contributed by atoms with Crippen molar-refractivity contribution in [2.45, 2.75) is 25.4 Å². The van der Waals surface area contributed by atoms with E-state index < -0.39 is 0 Å². The van der Waals surface area contributed by atoms with Gasteiger partial charge in [0.25, 0.3) is 0 Å². The molecule has 0 unspecified atom stereocenters. The molecule has 0 bridgehead atoms. The number of rotatable bonds is 3. The lowest BCUT2D eigenvalue weighted by Gasteiger charge is -2.36. The van der Waals surface area contributed by atoms with E-state index in [0.29, 0.717) is 6.54 Å². The number of thiophene rings is 1. The van der Waals surface area contributed by atoms with Crippen molar-refractivity contribution in [2.24, 2.45) is 0 Å². The third-order valence-electron chi connectivity index (χ3n) is 4.16. The van der Waals surface area contributed by atoms with E-state index in [-0.39, 0.29) is 24.7 Å². The van der Waals surface area contributed by atoms with Gasteiger partial charge in [-0.3, -0.25) is 0 Å². The molecule has 116 valence electrons. The van der Waals surface area contributed by atoms with E-state index >= 15 is 0 Å². The van der Waals surface area contributed by atoms with Crippen molar-refractivity contribution in [3.8, 4) is 0 Å². The maximum atomic E-state index is 12.6. The summed E-state index contributed by atoms with van der Waals surface area (Å²) in [6, 6.07) is 11.6. The van der Waals surface area contributed by atoms with E-state index in [1.165, 1.54) is 5.56 Å². The fraction of sp³-hybridized carbons (Fsp3) is 0.353. The number of nitrogens with one attached hydrogen (secondary N) is 1. The number of aliphatic hydroxyl groups excluding tert-OH is 1. The lowest BCUT2D eigenvalue weighted by atomic mass is 9.93. The number of nitrogens with zero attached hydrogens (tertiary/aromatic N) is 1. The van der Waals surface area contributed by atoms with Gasteiger partial charge in [-0.15, -0.1) is 11.3 Å². The number of amides is 2. The molecule has 0 radical (unpaired) electrons. The summed E-state index contributed by atoms with van der Waals surface area (Å²) < 4.78 is 0. The molecule has 4 nitrogen and oxygen atoms in total.